The molecule has 0 bridgehead atoms. The number of fused-ring (bicyclic) bond motifs is 1. The van der Waals surface area contributed by atoms with E-state index in [1.165, 1.54) is 10.9 Å². The van der Waals surface area contributed by atoms with Crippen molar-refractivity contribution >= 4 is 40.2 Å². The van der Waals surface area contributed by atoms with Gasteiger partial charge in [-0.1, -0.05) is 36.0 Å². The first-order chi connectivity index (χ1) is 8.43. The van der Waals surface area contributed by atoms with Crippen LogP contribution in [0.3, 0.4) is 0 Å². The number of nitrogens with one attached hydrogen (secondary N) is 1. The predicted molar refractivity (Wildman–Crippen MR) is 80.6 cm³/mol. The molecule has 0 atom stereocenters. The van der Waals surface area contributed by atoms with Gasteiger partial charge in [-0.25, -0.2) is 0 Å². The monoisotopic (exact) mass is 279 g/mol. The molecule has 3 rings (SSSR count). The Morgan fingerprint density at radius 1 is 1.22 bits per heavy atom. The number of nitrogens with zero attached hydrogens (tertiary/aromatic N) is 2. The van der Waals surface area contributed by atoms with Gasteiger partial charge in [0.15, 0.2) is 5.17 Å². The van der Waals surface area contributed by atoms with Gasteiger partial charge in [-0.15, -0.1) is 12.4 Å². The van der Waals surface area contributed by atoms with Gasteiger partial charge in [0, 0.05) is 23.9 Å². The minimum Gasteiger partial charge on any atom is -0.363 e. The Morgan fingerprint density at radius 3 is 2.94 bits per heavy atom. The number of thioether (sulfide) groups is 1. The van der Waals surface area contributed by atoms with Crippen molar-refractivity contribution in [3.05, 3.63) is 42.1 Å². The Bertz CT molecular complexity index is 566. The fourth-order valence-corrected chi connectivity index (χ4v) is 2.81. The molecule has 0 amide bonds. The van der Waals surface area contributed by atoms with Gasteiger partial charge in [0.05, 0.1) is 12.1 Å². The number of hydrogen-bond donors (Lipinski definition) is 1. The van der Waals surface area contributed by atoms with Crippen molar-refractivity contribution in [2.75, 3.05) is 13.1 Å². The Labute approximate surface area is 117 Å². The zero-order valence-corrected chi connectivity index (χ0v) is 11.4. The maximum Gasteiger partial charge on any atom is 0.157 e. The number of para-hydroxylation sites is 1. The molecule has 0 fully saturated rings. The van der Waals surface area contributed by atoms with Crippen LogP contribution in [-0.4, -0.2) is 23.2 Å². The Balaban J connectivity index is 0.00000120. The third kappa shape index (κ3) is 2.76. The van der Waals surface area contributed by atoms with Crippen molar-refractivity contribution in [1.29, 1.82) is 0 Å². The average molecular weight is 280 g/mol. The Hall–Kier alpha value is -1.26. The molecule has 0 saturated heterocycles. The molecule has 0 spiro atoms. The van der Waals surface area contributed by atoms with Crippen molar-refractivity contribution in [1.82, 2.24) is 10.3 Å². The lowest BCUT2D eigenvalue weighted by molar-refractivity contribution is 0.963. The maximum absolute atomic E-state index is 4.45. The van der Waals surface area contributed by atoms with Crippen molar-refractivity contribution in [3.63, 3.8) is 0 Å². The number of hydrogen-bond acceptors (Lipinski definition) is 4. The van der Waals surface area contributed by atoms with Gasteiger partial charge in [0.25, 0.3) is 0 Å². The second-order valence-electron chi connectivity index (χ2n) is 3.89. The molecule has 3 nitrogen and oxygen atoms in total. The largest absolute Gasteiger partial charge is 0.363 e. The molecule has 94 valence electrons. The molecule has 1 aromatic carbocycles. The van der Waals surface area contributed by atoms with E-state index >= 15 is 0 Å². The fraction of sp³-hybridized carbons (Fsp3) is 0.231. The molecule has 5 heteroatoms. The highest BCUT2D eigenvalue weighted by Crippen LogP contribution is 2.21. The third-order valence-electron chi connectivity index (χ3n) is 2.72. The van der Waals surface area contributed by atoms with E-state index in [1.54, 1.807) is 11.8 Å². The summed E-state index contributed by atoms with van der Waals surface area (Å²) >= 11 is 1.75. The first-order valence-corrected chi connectivity index (χ1v) is 6.66. The number of halogens is 1. The van der Waals surface area contributed by atoms with Gasteiger partial charge in [0.1, 0.15) is 0 Å². The van der Waals surface area contributed by atoms with Crippen molar-refractivity contribution in [2.24, 2.45) is 4.99 Å². The molecule has 1 N–H and O–H groups in total. The number of aliphatic imine (C=N–C) groups is 1. The molecule has 1 aromatic heterocycles. The summed E-state index contributed by atoms with van der Waals surface area (Å²) in [5.41, 5.74) is 2.37. The lowest BCUT2D eigenvalue weighted by Crippen LogP contribution is -2.15. The first-order valence-electron chi connectivity index (χ1n) is 5.67. The molecule has 2 heterocycles. The Kier molecular flexibility index (Phi) is 4.44. The van der Waals surface area contributed by atoms with E-state index < -0.39 is 0 Å². The molecule has 1 aliphatic heterocycles. The average Bonchev–Trinajstić information content (AvgIpc) is 2.89. The zero-order valence-electron chi connectivity index (χ0n) is 9.80. The molecule has 18 heavy (non-hydrogen) atoms. The molecule has 0 aliphatic carbocycles. The van der Waals surface area contributed by atoms with Crippen molar-refractivity contribution < 1.29 is 0 Å². The number of benzene rings is 1. The van der Waals surface area contributed by atoms with E-state index in [9.17, 15) is 0 Å². The maximum atomic E-state index is 4.45. The molecule has 0 saturated carbocycles. The number of amidine groups is 1. The van der Waals surface area contributed by atoms with Crippen LogP contribution in [0.5, 0.6) is 0 Å². The smallest absolute Gasteiger partial charge is 0.157 e. The highest BCUT2D eigenvalue weighted by Gasteiger charge is 2.07. The number of aromatic nitrogens is 1. The number of pyridine rings is 1. The summed E-state index contributed by atoms with van der Waals surface area (Å²) in [5.74, 6) is 0.917. The summed E-state index contributed by atoms with van der Waals surface area (Å²) in [6.45, 7) is 1.87. The molecule has 2 aromatic rings. The summed E-state index contributed by atoms with van der Waals surface area (Å²) < 4.78 is 0. The van der Waals surface area contributed by atoms with Crippen LogP contribution in [0.15, 0.2) is 41.5 Å². The van der Waals surface area contributed by atoms with Crippen LogP contribution in [0.4, 0.5) is 0 Å². The number of rotatable bonds is 2. The van der Waals surface area contributed by atoms with Crippen LogP contribution in [-0.2, 0) is 5.75 Å². The molecular weight excluding hydrogens is 266 g/mol. The summed E-state index contributed by atoms with van der Waals surface area (Å²) in [6.07, 6.45) is 1.85. The van der Waals surface area contributed by atoms with Gasteiger partial charge in [-0.2, -0.15) is 0 Å². The van der Waals surface area contributed by atoms with Crippen molar-refractivity contribution in [3.8, 4) is 0 Å². The summed E-state index contributed by atoms with van der Waals surface area (Å²) in [7, 11) is 0. The van der Waals surface area contributed by atoms with Gasteiger partial charge in [0.2, 0.25) is 0 Å². The van der Waals surface area contributed by atoms with Crippen LogP contribution < -0.4 is 5.32 Å². The van der Waals surface area contributed by atoms with E-state index in [1.807, 2.05) is 12.3 Å². The fourth-order valence-electron chi connectivity index (χ4n) is 1.90. The van der Waals surface area contributed by atoms with Crippen LogP contribution in [0, 0.1) is 0 Å². The van der Waals surface area contributed by atoms with Crippen LogP contribution >= 0.6 is 24.2 Å². The third-order valence-corrected chi connectivity index (χ3v) is 3.73. The van der Waals surface area contributed by atoms with Gasteiger partial charge in [-0.05, 0) is 11.6 Å². The summed E-state index contributed by atoms with van der Waals surface area (Å²) in [5, 5.41) is 5.52. The first kappa shape index (κ1) is 13.2. The van der Waals surface area contributed by atoms with Crippen LogP contribution in [0.25, 0.3) is 10.9 Å². The summed E-state index contributed by atoms with van der Waals surface area (Å²) in [6, 6.07) is 10.4. The van der Waals surface area contributed by atoms with E-state index in [0.717, 1.165) is 29.5 Å². The standard InChI is InChI=1S/C13H13N3S.ClH/c1-3-10-5-2-6-14-12(10)11(4-1)9-17-13-15-7-8-16-13;/h1-6H,7-9H2,(H,15,16);1H. The molecule has 1 aliphatic rings. The molecule has 0 radical (unpaired) electrons. The second-order valence-corrected chi connectivity index (χ2v) is 4.86. The molecular formula is C13H14ClN3S. The van der Waals surface area contributed by atoms with E-state index in [4.69, 9.17) is 0 Å². The minimum atomic E-state index is 0. The lowest BCUT2D eigenvalue weighted by Gasteiger charge is -2.05. The van der Waals surface area contributed by atoms with E-state index in [0.29, 0.717) is 0 Å². The summed E-state index contributed by atoms with van der Waals surface area (Å²) in [4.78, 5) is 8.83. The topological polar surface area (TPSA) is 37.3 Å². The highest BCUT2D eigenvalue weighted by molar-refractivity contribution is 8.13. The van der Waals surface area contributed by atoms with E-state index in [2.05, 4.69) is 39.6 Å². The van der Waals surface area contributed by atoms with Crippen LogP contribution in [0.1, 0.15) is 5.56 Å². The minimum absolute atomic E-state index is 0. The van der Waals surface area contributed by atoms with Gasteiger partial charge in [-0.3, -0.25) is 9.98 Å². The quantitative estimate of drug-likeness (QED) is 0.918. The van der Waals surface area contributed by atoms with Crippen LogP contribution in [0.2, 0.25) is 0 Å². The zero-order chi connectivity index (χ0) is 11.5. The second kappa shape index (κ2) is 6.07. The highest BCUT2D eigenvalue weighted by atomic mass is 35.5. The SMILES string of the molecule is Cl.c1cnc2c(CSC3=NCCN3)cccc2c1. The molecule has 0 unspecified atom stereocenters. The lowest BCUT2D eigenvalue weighted by atomic mass is 10.1. The van der Waals surface area contributed by atoms with Crippen molar-refractivity contribution in [2.45, 2.75) is 5.75 Å². The predicted octanol–water partition coefficient (Wildman–Crippen LogP) is 2.85. The van der Waals surface area contributed by atoms with E-state index in [-0.39, 0.29) is 12.4 Å². The Morgan fingerprint density at radius 2 is 2.11 bits per heavy atom. The van der Waals surface area contributed by atoms with Gasteiger partial charge >= 0.3 is 0 Å². The normalized spacial score (nSPS) is 13.9. The van der Waals surface area contributed by atoms with Gasteiger partial charge < -0.3 is 5.32 Å².